The highest BCUT2D eigenvalue weighted by molar-refractivity contribution is 7.91. The van der Waals surface area contributed by atoms with Crippen LogP contribution in [0.4, 0.5) is 0 Å². The Balaban J connectivity index is 2.83. The van der Waals surface area contributed by atoms with Crippen LogP contribution in [0.25, 0.3) is 0 Å². The van der Waals surface area contributed by atoms with E-state index in [1.165, 1.54) is 6.26 Å². The van der Waals surface area contributed by atoms with Crippen molar-refractivity contribution in [1.82, 2.24) is 14.9 Å². The van der Waals surface area contributed by atoms with Gasteiger partial charge in [-0.2, -0.15) is 0 Å². The molecule has 0 bridgehead atoms. The lowest BCUT2D eigenvalue weighted by molar-refractivity contribution is 0.495. The molecule has 0 aromatic carbocycles. The molecule has 1 heterocycles. The molecule has 0 spiro atoms. The number of sulfone groups is 1. The number of rotatable bonds is 7. The molecule has 0 amide bonds. The quantitative estimate of drug-likeness (QED) is 0.800. The number of nitrogens with zero attached hydrogens (tertiary/aromatic N) is 2. The zero-order valence-corrected chi connectivity index (χ0v) is 12.4. The summed E-state index contributed by atoms with van der Waals surface area (Å²) in [5, 5.41) is 2.66. The van der Waals surface area contributed by atoms with Gasteiger partial charge in [-0.15, -0.1) is 0 Å². The molecule has 2 atom stereocenters. The van der Waals surface area contributed by atoms with E-state index in [2.05, 4.69) is 21.8 Å². The van der Waals surface area contributed by atoms with Gasteiger partial charge in [0, 0.05) is 37.7 Å². The van der Waals surface area contributed by atoms with Crippen LogP contribution in [-0.2, 0) is 22.8 Å². The Labute approximate surface area is 110 Å². The maximum Gasteiger partial charge on any atom is 0.151 e. The van der Waals surface area contributed by atoms with Crippen LogP contribution in [-0.4, -0.2) is 42.6 Å². The van der Waals surface area contributed by atoms with Crippen LogP contribution in [0.3, 0.4) is 0 Å². The molecule has 6 heteroatoms. The van der Waals surface area contributed by atoms with E-state index in [-0.39, 0.29) is 6.04 Å². The van der Waals surface area contributed by atoms with E-state index in [4.69, 9.17) is 0 Å². The van der Waals surface area contributed by atoms with E-state index in [0.717, 1.165) is 18.8 Å². The van der Waals surface area contributed by atoms with Gasteiger partial charge >= 0.3 is 0 Å². The average molecular weight is 273 g/mol. The monoisotopic (exact) mass is 273 g/mol. The molecule has 0 aliphatic rings. The molecule has 1 rings (SSSR count). The van der Waals surface area contributed by atoms with Gasteiger partial charge in [0.25, 0.3) is 0 Å². The van der Waals surface area contributed by atoms with E-state index in [0.29, 0.717) is 6.42 Å². The second-order valence-corrected chi connectivity index (χ2v) is 7.07. The lowest BCUT2D eigenvalue weighted by Crippen LogP contribution is -2.42. The molecule has 0 saturated carbocycles. The van der Waals surface area contributed by atoms with Gasteiger partial charge in [0.05, 0.1) is 5.25 Å². The Kier molecular flexibility index (Phi) is 5.34. The van der Waals surface area contributed by atoms with Gasteiger partial charge in [-0.25, -0.2) is 13.4 Å². The Morgan fingerprint density at radius 1 is 1.50 bits per heavy atom. The number of aryl methyl sites for hydroxylation is 1. The number of hydrogen-bond acceptors (Lipinski definition) is 4. The molecule has 0 fully saturated rings. The molecule has 104 valence electrons. The summed E-state index contributed by atoms with van der Waals surface area (Å²) in [6.07, 6.45) is 6.65. The summed E-state index contributed by atoms with van der Waals surface area (Å²) in [7, 11) is -1.25. The summed E-state index contributed by atoms with van der Waals surface area (Å²) < 4.78 is 25.3. The summed E-state index contributed by atoms with van der Waals surface area (Å²) >= 11 is 0. The van der Waals surface area contributed by atoms with E-state index in [1.807, 2.05) is 6.20 Å². The number of imidazole rings is 1. The minimum atomic E-state index is -3.04. The first-order valence-electron chi connectivity index (χ1n) is 6.26. The topological polar surface area (TPSA) is 64.0 Å². The molecule has 1 N–H and O–H groups in total. The molecule has 1 aromatic rings. The highest BCUT2D eigenvalue weighted by atomic mass is 32.2. The van der Waals surface area contributed by atoms with Crippen LogP contribution in [0.5, 0.6) is 0 Å². The largest absolute Gasteiger partial charge is 0.335 e. The molecule has 0 aliphatic heterocycles. The van der Waals surface area contributed by atoms with Crippen molar-refractivity contribution in [2.24, 2.45) is 0 Å². The third kappa shape index (κ3) is 3.81. The predicted molar refractivity (Wildman–Crippen MR) is 73.4 cm³/mol. The molecular formula is C12H23N3O2S. The molecule has 5 nitrogen and oxygen atoms in total. The van der Waals surface area contributed by atoms with Crippen LogP contribution in [0.1, 0.15) is 26.1 Å². The van der Waals surface area contributed by atoms with Crippen LogP contribution in [0, 0.1) is 0 Å². The Morgan fingerprint density at radius 3 is 2.67 bits per heavy atom. The van der Waals surface area contributed by atoms with Crippen molar-refractivity contribution in [2.45, 2.75) is 44.5 Å². The lowest BCUT2D eigenvalue weighted by atomic mass is 10.1. The molecule has 0 radical (unpaired) electrons. The fourth-order valence-electron chi connectivity index (χ4n) is 1.97. The zero-order valence-electron chi connectivity index (χ0n) is 11.5. The van der Waals surface area contributed by atoms with Gasteiger partial charge in [-0.05, 0) is 20.4 Å². The summed E-state index contributed by atoms with van der Waals surface area (Å²) in [6, 6.07) is -0.113. The van der Waals surface area contributed by atoms with Crippen LogP contribution in [0.15, 0.2) is 12.4 Å². The first-order chi connectivity index (χ1) is 8.40. The van der Waals surface area contributed by atoms with Crippen molar-refractivity contribution in [1.29, 1.82) is 0 Å². The SMILES string of the molecule is CCCn1ccnc1CC(NC)C(C)S(C)(=O)=O. The zero-order chi connectivity index (χ0) is 13.8. The van der Waals surface area contributed by atoms with Crippen molar-refractivity contribution in [3.05, 3.63) is 18.2 Å². The lowest BCUT2D eigenvalue weighted by Gasteiger charge is -2.22. The summed E-state index contributed by atoms with van der Waals surface area (Å²) in [5.41, 5.74) is 0. The summed E-state index contributed by atoms with van der Waals surface area (Å²) in [5.74, 6) is 0.937. The fourth-order valence-corrected chi connectivity index (χ4v) is 2.80. The van der Waals surface area contributed by atoms with Crippen molar-refractivity contribution < 1.29 is 8.42 Å². The van der Waals surface area contributed by atoms with Gasteiger partial charge in [0.2, 0.25) is 0 Å². The molecule has 1 aromatic heterocycles. The fraction of sp³-hybridized carbons (Fsp3) is 0.750. The Bertz CT molecular complexity index is 467. The number of likely N-dealkylation sites (N-methyl/N-ethyl adjacent to an activating group) is 1. The van der Waals surface area contributed by atoms with Gasteiger partial charge < -0.3 is 9.88 Å². The minimum absolute atomic E-state index is 0.113. The normalized spacial score (nSPS) is 15.6. The van der Waals surface area contributed by atoms with E-state index >= 15 is 0 Å². The Morgan fingerprint density at radius 2 is 2.17 bits per heavy atom. The molecule has 0 aliphatic carbocycles. The highest BCUT2D eigenvalue weighted by Gasteiger charge is 2.25. The summed E-state index contributed by atoms with van der Waals surface area (Å²) in [4.78, 5) is 4.32. The Hall–Kier alpha value is -0.880. The standard InChI is InChI=1S/C12H23N3O2S/c1-5-7-15-8-6-14-12(15)9-11(13-3)10(2)18(4,16)17/h6,8,10-11,13H,5,7,9H2,1-4H3. The minimum Gasteiger partial charge on any atom is -0.335 e. The number of hydrogen-bond donors (Lipinski definition) is 1. The molecular weight excluding hydrogens is 250 g/mol. The molecule has 18 heavy (non-hydrogen) atoms. The van der Waals surface area contributed by atoms with Gasteiger partial charge in [-0.1, -0.05) is 6.92 Å². The summed E-state index contributed by atoms with van der Waals surface area (Å²) in [6.45, 7) is 4.76. The second-order valence-electron chi connectivity index (χ2n) is 4.67. The van der Waals surface area contributed by atoms with Gasteiger partial charge in [0.15, 0.2) is 9.84 Å². The van der Waals surface area contributed by atoms with Crippen LogP contribution < -0.4 is 5.32 Å². The number of nitrogens with one attached hydrogen (secondary N) is 1. The third-order valence-corrected chi connectivity index (χ3v) is 4.96. The maximum atomic E-state index is 11.6. The van der Waals surface area contributed by atoms with Crippen molar-refractivity contribution in [2.75, 3.05) is 13.3 Å². The van der Waals surface area contributed by atoms with Crippen LogP contribution in [0.2, 0.25) is 0 Å². The first kappa shape index (κ1) is 15.2. The first-order valence-corrected chi connectivity index (χ1v) is 8.21. The third-order valence-electron chi connectivity index (χ3n) is 3.28. The predicted octanol–water partition coefficient (Wildman–Crippen LogP) is 0.857. The van der Waals surface area contributed by atoms with Crippen molar-refractivity contribution in [3.63, 3.8) is 0 Å². The van der Waals surface area contributed by atoms with E-state index < -0.39 is 15.1 Å². The molecule has 0 saturated heterocycles. The van der Waals surface area contributed by atoms with E-state index in [9.17, 15) is 8.42 Å². The van der Waals surface area contributed by atoms with Crippen molar-refractivity contribution >= 4 is 9.84 Å². The average Bonchev–Trinajstić information content (AvgIpc) is 2.72. The molecule has 2 unspecified atom stereocenters. The number of aromatic nitrogens is 2. The second kappa shape index (κ2) is 6.33. The van der Waals surface area contributed by atoms with Gasteiger partial charge in [0.1, 0.15) is 5.82 Å². The van der Waals surface area contributed by atoms with Crippen LogP contribution >= 0.6 is 0 Å². The van der Waals surface area contributed by atoms with E-state index in [1.54, 1.807) is 20.2 Å². The maximum absolute atomic E-state index is 11.6. The highest BCUT2D eigenvalue weighted by Crippen LogP contribution is 2.10. The smallest absolute Gasteiger partial charge is 0.151 e. The van der Waals surface area contributed by atoms with Crippen molar-refractivity contribution in [3.8, 4) is 0 Å². The van der Waals surface area contributed by atoms with Gasteiger partial charge in [-0.3, -0.25) is 0 Å².